The standard InChI is InChI=1S/C11H16N2S/c1-3-13(8-11(12)14)10-7-5-4-6-9(10)2/h4-7H,3,8H2,1-2H3,(H2,12,14). The molecule has 0 amide bonds. The van der Waals surface area contributed by atoms with E-state index in [2.05, 4.69) is 30.9 Å². The van der Waals surface area contributed by atoms with E-state index in [4.69, 9.17) is 18.0 Å². The maximum absolute atomic E-state index is 5.55. The van der Waals surface area contributed by atoms with Gasteiger partial charge in [0.2, 0.25) is 0 Å². The van der Waals surface area contributed by atoms with Crippen LogP contribution in [-0.2, 0) is 0 Å². The molecular weight excluding hydrogens is 192 g/mol. The van der Waals surface area contributed by atoms with Crippen LogP contribution in [0, 0.1) is 6.92 Å². The fourth-order valence-electron chi connectivity index (χ4n) is 1.47. The minimum absolute atomic E-state index is 0.537. The van der Waals surface area contributed by atoms with Crippen molar-refractivity contribution in [2.24, 2.45) is 5.73 Å². The average Bonchev–Trinajstić information content (AvgIpc) is 2.15. The second-order valence-electron chi connectivity index (χ2n) is 3.27. The quantitative estimate of drug-likeness (QED) is 0.768. The molecule has 0 atom stereocenters. The zero-order valence-corrected chi connectivity index (χ0v) is 9.47. The van der Waals surface area contributed by atoms with Crippen molar-refractivity contribution in [2.75, 3.05) is 18.0 Å². The largest absolute Gasteiger partial charge is 0.392 e. The third kappa shape index (κ3) is 2.70. The van der Waals surface area contributed by atoms with Gasteiger partial charge in [0, 0.05) is 12.2 Å². The summed E-state index contributed by atoms with van der Waals surface area (Å²) < 4.78 is 0. The highest BCUT2D eigenvalue weighted by atomic mass is 32.1. The Morgan fingerprint density at radius 1 is 1.43 bits per heavy atom. The van der Waals surface area contributed by atoms with E-state index >= 15 is 0 Å². The summed E-state index contributed by atoms with van der Waals surface area (Å²) in [7, 11) is 0. The summed E-state index contributed by atoms with van der Waals surface area (Å²) in [6.45, 7) is 5.77. The number of rotatable bonds is 4. The van der Waals surface area contributed by atoms with Gasteiger partial charge < -0.3 is 10.6 Å². The lowest BCUT2D eigenvalue weighted by atomic mass is 10.2. The second-order valence-corrected chi connectivity index (χ2v) is 3.79. The van der Waals surface area contributed by atoms with Gasteiger partial charge in [0.15, 0.2) is 0 Å². The minimum Gasteiger partial charge on any atom is -0.392 e. The minimum atomic E-state index is 0.537. The molecule has 0 unspecified atom stereocenters. The molecule has 3 heteroatoms. The van der Waals surface area contributed by atoms with E-state index in [0.717, 1.165) is 6.54 Å². The van der Waals surface area contributed by atoms with E-state index in [1.165, 1.54) is 11.3 Å². The number of hydrogen-bond donors (Lipinski definition) is 1. The van der Waals surface area contributed by atoms with Crippen molar-refractivity contribution < 1.29 is 0 Å². The lowest BCUT2D eigenvalue weighted by Gasteiger charge is -2.24. The number of para-hydroxylation sites is 1. The Hall–Kier alpha value is -1.09. The number of nitrogens with zero attached hydrogens (tertiary/aromatic N) is 1. The molecule has 0 saturated carbocycles. The van der Waals surface area contributed by atoms with Gasteiger partial charge in [-0.15, -0.1) is 0 Å². The molecule has 0 spiro atoms. The lowest BCUT2D eigenvalue weighted by molar-refractivity contribution is 0.920. The Bertz CT molecular complexity index is 323. The molecule has 0 bridgehead atoms. The molecule has 0 fully saturated rings. The fraction of sp³-hybridized carbons (Fsp3) is 0.364. The summed E-state index contributed by atoms with van der Waals surface area (Å²) in [6, 6.07) is 8.26. The monoisotopic (exact) mass is 208 g/mol. The van der Waals surface area contributed by atoms with Crippen LogP contribution in [0.3, 0.4) is 0 Å². The van der Waals surface area contributed by atoms with Crippen LogP contribution in [0.2, 0.25) is 0 Å². The first-order chi connectivity index (χ1) is 6.65. The van der Waals surface area contributed by atoms with Crippen LogP contribution in [0.5, 0.6) is 0 Å². The highest BCUT2D eigenvalue weighted by molar-refractivity contribution is 7.80. The number of thiocarbonyl (C=S) groups is 1. The molecule has 0 aliphatic rings. The second kappa shape index (κ2) is 4.96. The highest BCUT2D eigenvalue weighted by Crippen LogP contribution is 2.18. The number of benzene rings is 1. The maximum atomic E-state index is 5.55. The summed E-state index contributed by atoms with van der Waals surface area (Å²) in [4.78, 5) is 2.72. The summed E-state index contributed by atoms with van der Waals surface area (Å²) in [5.74, 6) is 0. The van der Waals surface area contributed by atoms with Crippen molar-refractivity contribution in [1.29, 1.82) is 0 Å². The van der Waals surface area contributed by atoms with Gasteiger partial charge in [0.05, 0.1) is 11.5 Å². The maximum Gasteiger partial charge on any atom is 0.0923 e. The van der Waals surface area contributed by atoms with E-state index in [9.17, 15) is 0 Å². The van der Waals surface area contributed by atoms with Gasteiger partial charge in [0.25, 0.3) is 0 Å². The summed E-state index contributed by atoms with van der Waals surface area (Å²) in [5, 5.41) is 0. The SMILES string of the molecule is CCN(CC(N)=S)c1ccccc1C. The Morgan fingerprint density at radius 2 is 2.07 bits per heavy atom. The average molecular weight is 208 g/mol. The molecule has 0 aromatic heterocycles. The molecule has 2 nitrogen and oxygen atoms in total. The van der Waals surface area contributed by atoms with Crippen molar-refractivity contribution in [3.8, 4) is 0 Å². The van der Waals surface area contributed by atoms with Crippen LogP contribution in [0.25, 0.3) is 0 Å². The number of anilines is 1. The fourth-order valence-corrected chi connectivity index (χ4v) is 1.63. The van der Waals surface area contributed by atoms with Gasteiger partial charge in [-0.1, -0.05) is 30.4 Å². The van der Waals surface area contributed by atoms with Gasteiger partial charge >= 0.3 is 0 Å². The molecule has 1 aromatic carbocycles. The van der Waals surface area contributed by atoms with Crippen molar-refractivity contribution in [2.45, 2.75) is 13.8 Å². The third-order valence-corrected chi connectivity index (χ3v) is 2.31. The summed E-state index contributed by atoms with van der Waals surface area (Å²) in [6.07, 6.45) is 0. The zero-order valence-electron chi connectivity index (χ0n) is 8.66. The van der Waals surface area contributed by atoms with Crippen LogP contribution < -0.4 is 10.6 Å². The first kappa shape index (κ1) is 11.0. The molecule has 0 aliphatic carbocycles. The zero-order chi connectivity index (χ0) is 10.6. The molecule has 0 radical (unpaired) electrons. The number of likely N-dealkylation sites (N-methyl/N-ethyl adjacent to an activating group) is 1. The van der Waals surface area contributed by atoms with Crippen LogP contribution in [-0.4, -0.2) is 18.1 Å². The molecule has 0 aliphatic heterocycles. The van der Waals surface area contributed by atoms with E-state index in [1.807, 2.05) is 12.1 Å². The molecular formula is C11H16N2S. The number of hydrogen-bond acceptors (Lipinski definition) is 2. The topological polar surface area (TPSA) is 29.3 Å². The Kier molecular flexibility index (Phi) is 3.89. The van der Waals surface area contributed by atoms with E-state index < -0.39 is 0 Å². The van der Waals surface area contributed by atoms with Crippen LogP contribution in [0.1, 0.15) is 12.5 Å². The van der Waals surface area contributed by atoms with Crippen molar-refractivity contribution in [3.63, 3.8) is 0 Å². The van der Waals surface area contributed by atoms with Gasteiger partial charge in [0.1, 0.15) is 0 Å². The molecule has 76 valence electrons. The Balaban J connectivity index is 2.89. The predicted molar refractivity (Wildman–Crippen MR) is 65.9 cm³/mol. The van der Waals surface area contributed by atoms with Crippen molar-refractivity contribution in [1.82, 2.24) is 0 Å². The molecule has 1 aromatic rings. The van der Waals surface area contributed by atoms with Gasteiger partial charge in [-0.25, -0.2) is 0 Å². The molecule has 14 heavy (non-hydrogen) atoms. The van der Waals surface area contributed by atoms with E-state index in [0.29, 0.717) is 11.5 Å². The van der Waals surface area contributed by atoms with Crippen LogP contribution >= 0.6 is 12.2 Å². The summed E-state index contributed by atoms with van der Waals surface area (Å²) in [5.41, 5.74) is 8.01. The van der Waals surface area contributed by atoms with Crippen LogP contribution in [0.15, 0.2) is 24.3 Å². The Labute approximate surface area is 90.7 Å². The Morgan fingerprint density at radius 3 is 2.57 bits per heavy atom. The smallest absolute Gasteiger partial charge is 0.0923 e. The first-order valence-electron chi connectivity index (χ1n) is 4.74. The third-order valence-electron chi connectivity index (χ3n) is 2.18. The van der Waals surface area contributed by atoms with Crippen molar-refractivity contribution in [3.05, 3.63) is 29.8 Å². The normalized spacial score (nSPS) is 9.86. The van der Waals surface area contributed by atoms with E-state index in [1.54, 1.807) is 0 Å². The number of nitrogens with two attached hydrogens (primary N) is 1. The molecule has 2 N–H and O–H groups in total. The summed E-state index contributed by atoms with van der Waals surface area (Å²) >= 11 is 4.92. The predicted octanol–water partition coefficient (Wildman–Crippen LogP) is 2.11. The van der Waals surface area contributed by atoms with Gasteiger partial charge in [-0.3, -0.25) is 0 Å². The van der Waals surface area contributed by atoms with Gasteiger partial charge in [-0.2, -0.15) is 0 Å². The molecule has 1 rings (SSSR count). The first-order valence-corrected chi connectivity index (χ1v) is 5.15. The lowest BCUT2D eigenvalue weighted by Crippen LogP contribution is -2.32. The van der Waals surface area contributed by atoms with E-state index in [-0.39, 0.29) is 0 Å². The molecule has 0 saturated heterocycles. The van der Waals surface area contributed by atoms with Gasteiger partial charge in [-0.05, 0) is 25.5 Å². The van der Waals surface area contributed by atoms with Crippen LogP contribution in [0.4, 0.5) is 5.69 Å². The van der Waals surface area contributed by atoms with Crippen molar-refractivity contribution >= 4 is 22.9 Å². The number of aryl methyl sites for hydroxylation is 1. The molecule has 0 heterocycles. The highest BCUT2D eigenvalue weighted by Gasteiger charge is 2.06.